The standard InChI is InChI=1S/C15H20O3/c1-4-12(5-2)15(11(3)18-15)14(16)17-13-9-7-6-8-10-13/h6-12H,4-5H2,1-3H3. The van der Waals surface area contributed by atoms with Gasteiger partial charge in [0.05, 0.1) is 6.10 Å². The third-order valence-electron chi connectivity index (χ3n) is 3.78. The van der Waals surface area contributed by atoms with Gasteiger partial charge in [0.25, 0.3) is 0 Å². The fraction of sp³-hybridized carbons (Fsp3) is 0.533. The number of carbonyl (C=O) groups excluding carboxylic acids is 1. The van der Waals surface area contributed by atoms with Crippen molar-refractivity contribution in [2.45, 2.75) is 45.3 Å². The maximum atomic E-state index is 12.3. The summed E-state index contributed by atoms with van der Waals surface area (Å²) in [5, 5.41) is 0. The van der Waals surface area contributed by atoms with Gasteiger partial charge < -0.3 is 9.47 Å². The highest BCUT2D eigenvalue weighted by Crippen LogP contribution is 2.46. The number of ether oxygens (including phenoxy) is 2. The van der Waals surface area contributed by atoms with E-state index in [1.165, 1.54) is 0 Å². The molecule has 0 N–H and O–H groups in total. The fourth-order valence-corrected chi connectivity index (χ4v) is 2.64. The molecule has 1 fully saturated rings. The molecule has 0 saturated carbocycles. The minimum atomic E-state index is -0.723. The Hall–Kier alpha value is -1.35. The first kappa shape index (κ1) is 13.1. The summed E-state index contributed by atoms with van der Waals surface area (Å²) >= 11 is 0. The first-order chi connectivity index (χ1) is 8.65. The van der Waals surface area contributed by atoms with E-state index >= 15 is 0 Å². The molecule has 1 aliphatic rings. The zero-order chi connectivity index (χ0) is 13.2. The summed E-state index contributed by atoms with van der Waals surface area (Å²) in [5.74, 6) is 0.550. The average Bonchev–Trinajstić information content (AvgIpc) is 3.05. The van der Waals surface area contributed by atoms with Crippen LogP contribution in [-0.4, -0.2) is 17.7 Å². The molecule has 3 nitrogen and oxygen atoms in total. The van der Waals surface area contributed by atoms with Crippen LogP contribution in [0.4, 0.5) is 0 Å². The van der Waals surface area contributed by atoms with Crippen LogP contribution in [0, 0.1) is 5.92 Å². The number of epoxide rings is 1. The lowest BCUT2D eigenvalue weighted by atomic mass is 9.85. The second-order valence-electron chi connectivity index (χ2n) is 4.77. The Balaban J connectivity index is 2.12. The van der Waals surface area contributed by atoms with Crippen molar-refractivity contribution >= 4 is 5.97 Å². The van der Waals surface area contributed by atoms with Gasteiger partial charge >= 0.3 is 5.97 Å². The third kappa shape index (κ3) is 2.15. The van der Waals surface area contributed by atoms with Crippen molar-refractivity contribution in [1.29, 1.82) is 0 Å². The molecule has 0 aliphatic carbocycles. The highest BCUT2D eigenvalue weighted by molar-refractivity contribution is 5.85. The molecule has 0 spiro atoms. The van der Waals surface area contributed by atoms with Crippen molar-refractivity contribution in [1.82, 2.24) is 0 Å². The Kier molecular flexibility index (Phi) is 3.71. The Morgan fingerprint density at radius 3 is 2.33 bits per heavy atom. The lowest BCUT2D eigenvalue weighted by Crippen LogP contribution is -2.38. The maximum absolute atomic E-state index is 12.3. The summed E-state index contributed by atoms with van der Waals surface area (Å²) in [7, 11) is 0. The van der Waals surface area contributed by atoms with Crippen LogP contribution >= 0.6 is 0 Å². The van der Waals surface area contributed by atoms with E-state index in [9.17, 15) is 4.79 Å². The van der Waals surface area contributed by atoms with Crippen LogP contribution in [0.3, 0.4) is 0 Å². The van der Waals surface area contributed by atoms with Gasteiger partial charge in [-0.15, -0.1) is 0 Å². The molecule has 3 heteroatoms. The molecule has 1 heterocycles. The summed E-state index contributed by atoms with van der Waals surface area (Å²) in [6.07, 6.45) is 1.80. The van der Waals surface area contributed by atoms with Crippen LogP contribution in [-0.2, 0) is 9.53 Å². The normalized spacial score (nSPS) is 26.1. The van der Waals surface area contributed by atoms with Gasteiger partial charge in [-0.25, -0.2) is 4.79 Å². The summed E-state index contributed by atoms with van der Waals surface area (Å²) in [5.41, 5.74) is -0.723. The minimum absolute atomic E-state index is 0.0430. The van der Waals surface area contributed by atoms with E-state index in [1.54, 1.807) is 12.1 Å². The number of rotatable bonds is 5. The highest BCUT2D eigenvalue weighted by Gasteiger charge is 2.64. The largest absolute Gasteiger partial charge is 0.424 e. The summed E-state index contributed by atoms with van der Waals surface area (Å²) < 4.78 is 11.0. The van der Waals surface area contributed by atoms with Crippen LogP contribution in [0.15, 0.2) is 30.3 Å². The summed E-state index contributed by atoms with van der Waals surface area (Å²) in [6, 6.07) is 9.16. The van der Waals surface area contributed by atoms with E-state index in [1.807, 2.05) is 25.1 Å². The smallest absolute Gasteiger partial charge is 0.346 e. The average molecular weight is 248 g/mol. The maximum Gasteiger partial charge on any atom is 0.346 e. The number of para-hydroxylation sites is 1. The molecule has 1 aliphatic heterocycles. The van der Waals surface area contributed by atoms with Gasteiger partial charge in [0.1, 0.15) is 5.75 Å². The molecule has 2 unspecified atom stereocenters. The van der Waals surface area contributed by atoms with Crippen LogP contribution in [0.2, 0.25) is 0 Å². The third-order valence-corrected chi connectivity index (χ3v) is 3.78. The van der Waals surface area contributed by atoms with Crippen LogP contribution in [0.5, 0.6) is 5.75 Å². The number of hydrogen-bond acceptors (Lipinski definition) is 3. The van der Waals surface area contributed by atoms with Crippen molar-refractivity contribution in [2.24, 2.45) is 5.92 Å². The molecule has 18 heavy (non-hydrogen) atoms. The zero-order valence-corrected chi connectivity index (χ0v) is 11.2. The molecule has 98 valence electrons. The first-order valence-corrected chi connectivity index (χ1v) is 6.60. The van der Waals surface area contributed by atoms with Gasteiger partial charge in [0.2, 0.25) is 0 Å². The second kappa shape index (κ2) is 5.11. The van der Waals surface area contributed by atoms with Crippen molar-refractivity contribution in [3.05, 3.63) is 30.3 Å². The van der Waals surface area contributed by atoms with Gasteiger partial charge in [-0.3, -0.25) is 0 Å². The Morgan fingerprint density at radius 2 is 1.89 bits per heavy atom. The topological polar surface area (TPSA) is 38.8 Å². The first-order valence-electron chi connectivity index (χ1n) is 6.60. The number of esters is 1. The lowest BCUT2D eigenvalue weighted by Gasteiger charge is -2.20. The van der Waals surface area contributed by atoms with E-state index in [0.29, 0.717) is 5.75 Å². The minimum Gasteiger partial charge on any atom is -0.424 e. The predicted molar refractivity (Wildman–Crippen MR) is 69.4 cm³/mol. The zero-order valence-electron chi connectivity index (χ0n) is 11.2. The van der Waals surface area contributed by atoms with E-state index in [4.69, 9.17) is 9.47 Å². The van der Waals surface area contributed by atoms with E-state index < -0.39 is 5.60 Å². The van der Waals surface area contributed by atoms with Crippen molar-refractivity contribution < 1.29 is 14.3 Å². The molecule has 0 aromatic heterocycles. The van der Waals surface area contributed by atoms with Crippen LogP contribution in [0.25, 0.3) is 0 Å². The monoisotopic (exact) mass is 248 g/mol. The molecular formula is C15H20O3. The molecule has 2 atom stereocenters. The fourth-order valence-electron chi connectivity index (χ4n) is 2.64. The quantitative estimate of drug-likeness (QED) is 0.456. The summed E-state index contributed by atoms with van der Waals surface area (Å²) in [4.78, 5) is 12.3. The van der Waals surface area contributed by atoms with Crippen LogP contribution in [0.1, 0.15) is 33.6 Å². The van der Waals surface area contributed by atoms with E-state index in [2.05, 4.69) is 13.8 Å². The van der Waals surface area contributed by atoms with Crippen molar-refractivity contribution in [3.63, 3.8) is 0 Å². The molecule has 2 rings (SSSR count). The Morgan fingerprint density at radius 1 is 1.33 bits per heavy atom. The lowest BCUT2D eigenvalue weighted by molar-refractivity contribution is -0.142. The van der Waals surface area contributed by atoms with Crippen molar-refractivity contribution in [3.8, 4) is 5.75 Å². The van der Waals surface area contributed by atoms with Gasteiger partial charge in [-0.2, -0.15) is 0 Å². The van der Waals surface area contributed by atoms with Gasteiger partial charge in [-0.1, -0.05) is 32.0 Å². The number of carbonyl (C=O) groups is 1. The molecule has 1 aromatic carbocycles. The molecule has 0 amide bonds. The molecule has 1 aromatic rings. The highest BCUT2D eigenvalue weighted by atomic mass is 16.7. The molecular weight excluding hydrogens is 228 g/mol. The van der Waals surface area contributed by atoms with E-state index in [0.717, 1.165) is 12.8 Å². The number of hydrogen-bond donors (Lipinski definition) is 0. The SMILES string of the molecule is CCC(CC)C1(C(=O)Oc2ccccc2)OC1C. The van der Waals surface area contributed by atoms with Crippen molar-refractivity contribution in [2.75, 3.05) is 0 Å². The van der Waals surface area contributed by atoms with E-state index in [-0.39, 0.29) is 18.0 Å². The van der Waals surface area contributed by atoms with Gasteiger partial charge in [0.15, 0.2) is 5.60 Å². The van der Waals surface area contributed by atoms with Gasteiger partial charge in [0, 0.05) is 5.92 Å². The Bertz CT molecular complexity index is 411. The summed E-state index contributed by atoms with van der Waals surface area (Å²) in [6.45, 7) is 6.10. The molecule has 0 radical (unpaired) electrons. The van der Waals surface area contributed by atoms with Gasteiger partial charge in [-0.05, 0) is 31.9 Å². The van der Waals surface area contributed by atoms with Crippen LogP contribution < -0.4 is 4.74 Å². The second-order valence-corrected chi connectivity index (χ2v) is 4.77. The molecule has 0 bridgehead atoms. The number of benzene rings is 1. The Labute approximate surface area is 108 Å². The predicted octanol–water partition coefficient (Wildman–Crippen LogP) is 3.19. The molecule has 1 saturated heterocycles.